The first-order chi connectivity index (χ1) is 45.7. The van der Waals surface area contributed by atoms with Gasteiger partial charge in [0.2, 0.25) is 6.29 Å². The van der Waals surface area contributed by atoms with E-state index in [1.807, 2.05) is 20.8 Å². The quantitative estimate of drug-likeness (QED) is 0.0546. The molecule has 528 valence electrons. The van der Waals surface area contributed by atoms with Crippen LogP contribution in [0, 0.1) is 123 Å². The number of hydrogen-bond acceptors (Lipinski definition) is 15. The Hall–Kier alpha value is -4.08. The molecule has 0 aromatic carbocycles. The lowest BCUT2D eigenvalue weighted by molar-refractivity contribution is -0.258. The lowest BCUT2D eigenvalue weighted by Crippen LogP contribution is -2.60. The summed E-state index contributed by atoms with van der Waals surface area (Å²) in [4.78, 5) is 77.5. The summed E-state index contributed by atoms with van der Waals surface area (Å²) in [6.07, 6.45) is 34.7. The number of hydrogen-bond donors (Lipinski definition) is 0. The molecule has 0 aromatic rings. The molecule has 24 fully saturated rings. The molecule has 24 bridgehead atoms. The minimum Gasteiger partial charge on any atom is -0.458 e. The van der Waals surface area contributed by atoms with Gasteiger partial charge in [-0.15, -0.1) is 0 Å². The van der Waals surface area contributed by atoms with Crippen molar-refractivity contribution in [3.05, 3.63) is 36.5 Å². The van der Waals surface area contributed by atoms with E-state index in [1.54, 1.807) is 20.8 Å². The molecular weight excluding hydrogens is 1210 g/mol. The molecule has 0 N–H and O–H groups in total. The van der Waals surface area contributed by atoms with Crippen molar-refractivity contribution < 1.29 is 71.4 Å². The zero-order chi connectivity index (χ0) is 66.8. The zero-order valence-electron chi connectivity index (χ0n) is 58.9. The third-order valence-electron chi connectivity index (χ3n) is 29.6. The van der Waals surface area contributed by atoms with Gasteiger partial charge in [-0.2, -0.15) is 0 Å². The van der Waals surface area contributed by atoms with Gasteiger partial charge < -0.3 is 42.6 Å². The van der Waals surface area contributed by atoms with Crippen LogP contribution in [-0.4, -0.2) is 89.8 Å². The van der Waals surface area contributed by atoms with Gasteiger partial charge in [0.05, 0.1) is 34.1 Å². The molecule has 0 heterocycles. The second-order valence-corrected chi connectivity index (χ2v) is 37.8. The number of esters is 6. The Balaban J connectivity index is 0.000000113. The van der Waals surface area contributed by atoms with Crippen molar-refractivity contribution in [3.8, 4) is 0 Å². The van der Waals surface area contributed by atoms with Gasteiger partial charge in [-0.3, -0.25) is 14.4 Å². The van der Waals surface area contributed by atoms with Crippen LogP contribution in [0.5, 0.6) is 0 Å². The first-order valence-electron chi connectivity index (χ1n) is 38.9. The van der Waals surface area contributed by atoms with Crippen molar-refractivity contribution in [2.24, 2.45) is 123 Å². The van der Waals surface area contributed by atoms with E-state index in [4.69, 9.17) is 42.6 Å². The van der Waals surface area contributed by atoms with Crippen LogP contribution in [0.2, 0.25) is 0 Å². The van der Waals surface area contributed by atoms with Gasteiger partial charge in [0.1, 0.15) is 17.3 Å². The second-order valence-electron chi connectivity index (χ2n) is 37.8. The molecule has 9 atom stereocenters. The molecule has 24 rings (SSSR count). The Morgan fingerprint density at radius 1 is 0.312 bits per heavy atom. The summed E-state index contributed by atoms with van der Waals surface area (Å²) in [5, 5.41) is 0. The molecule has 9 unspecified atom stereocenters. The molecule has 24 saturated carbocycles. The third kappa shape index (κ3) is 12.5. The third-order valence-corrected chi connectivity index (χ3v) is 29.6. The Bertz CT molecular complexity index is 3000. The molecule has 15 nitrogen and oxygen atoms in total. The Morgan fingerprint density at radius 2 is 0.604 bits per heavy atom. The van der Waals surface area contributed by atoms with Crippen LogP contribution in [0.4, 0.5) is 0 Å². The fourth-order valence-corrected chi connectivity index (χ4v) is 28.4. The summed E-state index contributed by atoms with van der Waals surface area (Å²) in [5.74, 6) is 10.2. The Morgan fingerprint density at radius 3 is 0.969 bits per heavy atom. The SMILES string of the molecule is C=C(C)C(=O)OC12CC3CC(C1)CC(C(=O)OC(C)OC14CC5CC(CC(C5)C1)C4)(C3)C2.C=C(C)C(=O)OC12CC3CC(C1)CC(C(=O)OC(C)OC1C4CC5CC(C4)CC1C5)(C3)C2.C=C(C)C(=O)OC1C2CC3CC1CC(C(=O)OC(C)OC1C4CC5CC(C4)CC1C5)(C3)C2. The van der Waals surface area contributed by atoms with Crippen LogP contribution in [-0.2, 0) is 71.4 Å². The molecule has 0 saturated heterocycles. The summed E-state index contributed by atoms with van der Waals surface area (Å²) in [6.45, 7) is 22.0. The van der Waals surface area contributed by atoms with Crippen LogP contribution < -0.4 is 0 Å². The normalized spacial score (nSPS) is 48.5. The van der Waals surface area contributed by atoms with Crippen LogP contribution in [0.1, 0.15) is 253 Å². The summed E-state index contributed by atoms with van der Waals surface area (Å²) in [6, 6.07) is 0. The van der Waals surface area contributed by atoms with Crippen molar-refractivity contribution in [2.45, 2.75) is 307 Å². The van der Waals surface area contributed by atoms with Crippen molar-refractivity contribution >= 4 is 35.8 Å². The average Bonchev–Trinajstić information content (AvgIpc) is 0.725. The molecule has 0 radical (unpaired) electrons. The maximum absolute atomic E-state index is 13.6. The topological polar surface area (TPSA) is 185 Å². The first-order valence-corrected chi connectivity index (χ1v) is 38.9. The predicted molar refractivity (Wildman–Crippen MR) is 355 cm³/mol. The second kappa shape index (κ2) is 24.6. The van der Waals surface area contributed by atoms with E-state index in [2.05, 4.69) is 19.7 Å². The van der Waals surface area contributed by atoms with Crippen LogP contribution in [0.15, 0.2) is 36.5 Å². The van der Waals surface area contributed by atoms with E-state index in [0.29, 0.717) is 82.8 Å². The summed E-state index contributed by atoms with van der Waals surface area (Å²) in [5.41, 5.74) is -1.29. The first kappa shape index (κ1) is 66.5. The van der Waals surface area contributed by atoms with Crippen molar-refractivity contribution in [1.82, 2.24) is 0 Å². The monoisotopic (exact) mass is 1330 g/mol. The molecule has 24 aliphatic rings. The average molecular weight is 1330 g/mol. The smallest absolute Gasteiger partial charge is 0.333 e. The number of carbonyl (C=O) groups excluding carboxylic acids is 6. The minimum atomic E-state index is -0.529. The highest BCUT2D eigenvalue weighted by Crippen LogP contribution is 2.67. The number of ether oxygens (including phenoxy) is 9. The lowest BCUT2D eigenvalue weighted by atomic mass is 9.48. The molecule has 0 aromatic heterocycles. The van der Waals surface area contributed by atoms with Crippen LogP contribution >= 0.6 is 0 Å². The Kier molecular flexibility index (Phi) is 17.0. The molecule has 96 heavy (non-hydrogen) atoms. The van der Waals surface area contributed by atoms with Crippen molar-refractivity contribution in [1.29, 1.82) is 0 Å². The highest BCUT2D eigenvalue weighted by molar-refractivity contribution is 5.88. The number of carbonyl (C=O) groups is 6. The maximum atomic E-state index is 13.6. The Labute approximate surface area is 571 Å². The van der Waals surface area contributed by atoms with Crippen molar-refractivity contribution in [2.75, 3.05) is 0 Å². The predicted octanol–water partition coefficient (Wildman–Crippen LogP) is 15.5. The fourth-order valence-electron chi connectivity index (χ4n) is 28.4. The molecule has 0 aliphatic heterocycles. The van der Waals surface area contributed by atoms with Crippen LogP contribution in [0.3, 0.4) is 0 Å². The van der Waals surface area contributed by atoms with E-state index < -0.39 is 46.3 Å². The summed E-state index contributed by atoms with van der Waals surface area (Å²) < 4.78 is 55.4. The maximum Gasteiger partial charge on any atom is 0.333 e. The van der Waals surface area contributed by atoms with Gasteiger partial charge in [0.15, 0.2) is 12.6 Å². The van der Waals surface area contributed by atoms with E-state index in [9.17, 15) is 28.8 Å². The molecule has 0 amide bonds. The zero-order valence-corrected chi connectivity index (χ0v) is 58.9. The summed E-state index contributed by atoms with van der Waals surface area (Å²) >= 11 is 0. The van der Waals surface area contributed by atoms with E-state index in [-0.39, 0.29) is 71.6 Å². The minimum absolute atomic E-state index is 0.0709. The molecular formula is C81H114O15. The van der Waals surface area contributed by atoms with E-state index in [1.165, 1.54) is 83.5 Å². The van der Waals surface area contributed by atoms with Gasteiger partial charge in [-0.25, -0.2) is 14.4 Å². The van der Waals surface area contributed by atoms with Gasteiger partial charge >= 0.3 is 35.8 Å². The largest absolute Gasteiger partial charge is 0.458 e. The molecule has 15 heteroatoms. The molecule has 24 aliphatic carbocycles. The standard InChI is InChI=1S/3C27H38O5/c1-16(2)23(28)32-27-13-21-7-22(14-27)9-25(8-21,15-27)24(29)30-17(3)31-26-10-18-4-19(11-26)6-20(5-18)12-26;1-15(2)24(28)32-27-12-19-5-20(13-27)11-26(10-19,14-27)25(29)31-16(3)30-23-21-6-17-4-18(8-21)9-22(23)7-17;1-14(2)25(28)32-24-21-9-18-10-22(24)13-27(11-18,12-21)26(29)31-15(3)30-23-19-5-16-4-17(7-19)8-20(23)6-16/h17-22H,1,4-15H2,2-3H3;16-23H,1,4-14H2,2-3H3;15-24H,1,4-13H2,2-3H3. The highest BCUT2D eigenvalue weighted by atomic mass is 16.7. The fraction of sp³-hybridized carbons (Fsp3) is 0.852. The highest BCUT2D eigenvalue weighted by Gasteiger charge is 2.67. The van der Waals surface area contributed by atoms with E-state index in [0.717, 1.165) is 157 Å². The lowest BCUT2D eigenvalue weighted by Gasteiger charge is -2.60. The molecule has 0 spiro atoms. The van der Waals surface area contributed by atoms with Gasteiger partial charge in [0, 0.05) is 29.6 Å². The van der Waals surface area contributed by atoms with Crippen molar-refractivity contribution in [3.63, 3.8) is 0 Å². The van der Waals surface area contributed by atoms with E-state index >= 15 is 0 Å². The van der Waals surface area contributed by atoms with Crippen LogP contribution in [0.25, 0.3) is 0 Å². The summed E-state index contributed by atoms with van der Waals surface area (Å²) in [7, 11) is 0. The van der Waals surface area contributed by atoms with Gasteiger partial charge in [-0.05, 0) is 347 Å². The number of rotatable bonds is 18. The van der Waals surface area contributed by atoms with Gasteiger partial charge in [0.25, 0.3) is 0 Å². The van der Waals surface area contributed by atoms with Gasteiger partial charge in [-0.1, -0.05) is 19.7 Å².